The highest BCUT2D eigenvalue weighted by Gasteiger charge is 2.39. The van der Waals surface area contributed by atoms with E-state index in [1.54, 1.807) is 12.1 Å². The van der Waals surface area contributed by atoms with Crippen molar-refractivity contribution in [2.45, 2.75) is 26.3 Å². The predicted octanol–water partition coefficient (Wildman–Crippen LogP) is 2.10. The number of benzene rings is 1. The Balaban J connectivity index is 1.82. The van der Waals surface area contributed by atoms with Gasteiger partial charge in [0.05, 0.1) is 12.8 Å². The number of aromatic nitrogens is 2. The fourth-order valence-corrected chi connectivity index (χ4v) is 5.58. The van der Waals surface area contributed by atoms with Crippen LogP contribution in [0.5, 0.6) is 0 Å². The number of rotatable bonds is 6. The number of hydrogen-bond acceptors (Lipinski definition) is 4. The lowest BCUT2D eigenvalue weighted by atomic mass is 9.92. The number of carbonyl (C=O) groups excluding carboxylic acids is 1. The Morgan fingerprint density at radius 2 is 2.00 bits per heavy atom. The second-order valence-electron chi connectivity index (χ2n) is 9.61. The molecule has 0 radical (unpaired) electrons. The molecule has 0 aliphatic heterocycles. The van der Waals surface area contributed by atoms with Crippen molar-refractivity contribution in [2.24, 2.45) is 17.8 Å². The van der Waals surface area contributed by atoms with Crippen molar-refractivity contribution in [1.82, 2.24) is 14.3 Å². The minimum absolute atomic E-state index is 0.0807. The number of aromatic amines is 1. The molecule has 5 rings (SSSR count). The van der Waals surface area contributed by atoms with Crippen LogP contribution in [0.4, 0.5) is 8.78 Å². The summed E-state index contributed by atoms with van der Waals surface area (Å²) in [5.41, 5.74) is 0.0593. The van der Waals surface area contributed by atoms with Crippen molar-refractivity contribution in [3.63, 3.8) is 0 Å². The molecule has 188 valence electrons. The second-order valence-corrected chi connectivity index (χ2v) is 11.4. The van der Waals surface area contributed by atoms with Crippen LogP contribution in [0.15, 0.2) is 41.3 Å². The van der Waals surface area contributed by atoms with Crippen LogP contribution >= 0.6 is 0 Å². The van der Waals surface area contributed by atoms with E-state index in [2.05, 4.69) is 11.9 Å². The van der Waals surface area contributed by atoms with Gasteiger partial charge >= 0.3 is 0 Å². The van der Waals surface area contributed by atoms with E-state index in [1.807, 2.05) is 16.9 Å². The highest BCUT2D eigenvalue weighted by atomic mass is 32.2. The first kappa shape index (κ1) is 24.2. The van der Waals surface area contributed by atoms with E-state index in [-0.39, 0.29) is 34.8 Å². The summed E-state index contributed by atoms with van der Waals surface area (Å²) in [7, 11) is -3.95. The summed E-state index contributed by atoms with van der Waals surface area (Å²) in [5.74, 6) is -1.24. The molecule has 1 amide bonds. The Bertz CT molecular complexity index is 1670. The lowest BCUT2D eigenvalue weighted by Crippen LogP contribution is -2.36. The van der Waals surface area contributed by atoms with Gasteiger partial charge in [0.25, 0.3) is 11.5 Å². The summed E-state index contributed by atoms with van der Waals surface area (Å²) in [6.07, 6.45) is 8.08. The summed E-state index contributed by atoms with van der Waals surface area (Å²) >= 11 is 0. The summed E-state index contributed by atoms with van der Waals surface area (Å²) in [5, 5.41) is 1.21. The van der Waals surface area contributed by atoms with Crippen LogP contribution < -0.4 is 20.8 Å². The number of sulfonamides is 1. The average Bonchev–Trinajstić information content (AvgIpc) is 3.44. The third-order valence-corrected chi connectivity index (χ3v) is 7.51. The van der Waals surface area contributed by atoms with Gasteiger partial charge < -0.3 is 9.55 Å². The van der Waals surface area contributed by atoms with Crippen molar-refractivity contribution < 1.29 is 22.0 Å². The molecular weight excluding hydrogens is 488 g/mol. The van der Waals surface area contributed by atoms with Crippen molar-refractivity contribution in [3.05, 3.63) is 80.3 Å². The van der Waals surface area contributed by atoms with Crippen LogP contribution in [0.1, 0.15) is 35.8 Å². The Kier molecular flexibility index (Phi) is 5.94. The van der Waals surface area contributed by atoms with Gasteiger partial charge in [-0.2, -0.15) is 0 Å². The van der Waals surface area contributed by atoms with Crippen LogP contribution in [-0.4, -0.2) is 30.1 Å². The molecule has 2 aliphatic carbocycles. The minimum atomic E-state index is -3.95. The molecule has 3 aromatic rings. The molecule has 7 nitrogen and oxygen atoms in total. The van der Waals surface area contributed by atoms with Crippen molar-refractivity contribution >= 4 is 28.1 Å². The molecule has 1 saturated carbocycles. The summed E-state index contributed by atoms with van der Waals surface area (Å²) in [4.78, 5) is 28.9. The third kappa shape index (κ3) is 4.53. The molecule has 1 fully saturated rings. The van der Waals surface area contributed by atoms with E-state index < -0.39 is 33.1 Å². The number of halogens is 2. The molecule has 0 bridgehead atoms. The number of nitrogens with zero attached hydrogens (tertiary/aromatic N) is 1. The Hall–Kier alpha value is -3.53. The van der Waals surface area contributed by atoms with Gasteiger partial charge in [0.1, 0.15) is 17.3 Å². The van der Waals surface area contributed by atoms with Crippen LogP contribution in [-0.2, 0) is 16.6 Å². The number of pyridine rings is 1. The molecule has 0 saturated heterocycles. The SMILES string of the molecule is C[C@@H]1C[C@@H]1C1C=c2c(-c3ccc[nH]c3=O)c(C(=O)NS(C)(=O)=O)n(Cc3ccc(F)cc3F)c2=CC1. The standard InChI is InChI=1S/C26H25F2N3O4S/c1-14-10-19(14)15-6-8-22-20(11-15)23(18-4-3-9-29-25(18)32)24(26(33)30-36(2,34)35)31(22)13-16-5-7-17(27)12-21(16)28/h3-5,7-9,11-12,14-15,19H,6,10,13H2,1-2H3,(H,29,32)(H,30,33)/t14-,15?,19+/m1/s1. The molecule has 2 N–H and O–H groups in total. The molecule has 3 atom stereocenters. The number of fused-ring (bicyclic) bond motifs is 1. The maximum absolute atomic E-state index is 14.7. The van der Waals surface area contributed by atoms with E-state index in [1.165, 1.54) is 16.8 Å². The number of amides is 1. The van der Waals surface area contributed by atoms with Crippen molar-refractivity contribution in [1.29, 1.82) is 0 Å². The molecule has 0 spiro atoms. The van der Waals surface area contributed by atoms with Gasteiger partial charge in [-0.3, -0.25) is 9.59 Å². The molecule has 10 heteroatoms. The normalized spacial score (nSPS) is 20.7. The highest BCUT2D eigenvalue weighted by Crippen LogP contribution is 2.46. The van der Waals surface area contributed by atoms with Gasteiger partial charge in [-0.05, 0) is 48.8 Å². The summed E-state index contributed by atoms with van der Waals surface area (Å²) < 4.78 is 55.7. The Labute approximate surface area is 206 Å². The van der Waals surface area contributed by atoms with E-state index >= 15 is 0 Å². The zero-order valence-corrected chi connectivity index (χ0v) is 20.5. The lowest BCUT2D eigenvalue weighted by Gasteiger charge is -2.14. The average molecular weight is 514 g/mol. The molecule has 1 unspecified atom stereocenters. The maximum atomic E-state index is 14.7. The van der Waals surface area contributed by atoms with Crippen LogP contribution in [0.3, 0.4) is 0 Å². The van der Waals surface area contributed by atoms with Crippen molar-refractivity contribution in [3.8, 4) is 11.1 Å². The number of hydrogen-bond donors (Lipinski definition) is 2. The van der Waals surface area contributed by atoms with Gasteiger partial charge in [0.15, 0.2) is 0 Å². The van der Waals surface area contributed by atoms with Gasteiger partial charge in [-0.25, -0.2) is 21.9 Å². The van der Waals surface area contributed by atoms with E-state index in [0.29, 0.717) is 28.8 Å². The van der Waals surface area contributed by atoms with Gasteiger partial charge in [0, 0.05) is 39.5 Å². The Morgan fingerprint density at radius 3 is 2.64 bits per heavy atom. The summed E-state index contributed by atoms with van der Waals surface area (Å²) in [6.45, 7) is 2.00. The zero-order valence-electron chi connectivity index (χ0n) is 19.7. The molecule has 2 aromatic heterocycles. The van der Waals surface area contributed by atoms with Crippen LogP contribution in [0.2, 0.25) is 0 Å². The quantitative estimate of drug-likeness (QED) is 0.527. The first-order valence-corrected chi connectivity index (χ1v) is 13.5. The van der Waals surface area contributed by atoms with Gasteiger partial charge in [-0.1, -0.05) is 25.1 Å². The topological polar surface area (TPSA) is 101 Å². The highest BCUT2D eigenvalue weighted by molar-refractivity contribution is 7.89. The van der Waals surface area contributed by atoms with E-state index in [4.69, 9.17) is 0 Å². The Morgan fingerprint density at radius 1 is 1.25 bits per heavy atom. The maximum Gasteiger partial charge on any atom is 0.282 e. The minimum Gasteiger partial charge on any atom is -0.332 e. The molecule has 2 heterocycles. The first-order valence-electron chi connectivity index (χ1n) is 11.6. The molecular formula is C26H25F2N3O4S. The molecule has 1 aromatic carbocycles. The summed E-state index contributed by atoms with van der Waals surface area (Å²) in [6, 6.07) is 6.33. The number of carbonyl (C=O) groups is 1. The molecule has 36 heavy (non-hydrogen) atoms. The van der Waals surface area contributed by atoms with Crippen LogP contribution in [0, 0.1) is 29.4 Å². The van der Waals surface area contributed by atoms with Gasteiger partial charge in [-0.15, -0.1) is 0 Å². The first-order chi connectivity index (χ1) is 17.0. The smallest absolute Gasteiger partial charge is 0.282 e. The van der Waals surface area contributed by atoms with Gasteiger partial charge in [0.2, 0.25) is 10.0 Å². The second kappa shape index (κ2) is 8.85. The number of H-pyrrole nitrogens is 1. The fourth-order valence-electron chi connectivity index (χ4n) is 5.15. The van der Waals surface area contributed by atoms with Crippen LogP contribution in [0.25, 0.3) is 23.3 Å². The van der Waals surface area contributed by atoms with Crippen molar-refractivity contribution in [2.75, 3.05) is 6.26 Å². The predicted molar refractivity (Wildman–Crippen MR) is 132 cm³/mol. The lowest BCUT2D eigenvalue weighted by molar-refractivity contribution is 0.0973. The van der Waals surface area contributed by atoms with E-state index in [0.717, 1.165) is 24.8 Å². The molecule has 2 aliphatic rings. The number of nitrogens with one attached hydrogen (secondary N) is 2. The third-order valence-electron chi connectivity index (χ3n) is 6.95. The zero-order chi connectivity index (χ0) is 25.8. The largest absolute Gasteiger partial charge is 0.332 e. The monoisotopic (exact) mass is 513 g/mol. The van der Waals surface area contributed by atoms with E-state index in [9.17, 15) is 26.8 Å². The fraction of sp³-hybridized carbons (Fsp3) is 0.308.